The van der Waals surface area contributed by atoms with Crippen molar-refractivity contribution in [3.8, 4) is 11.5 Å². The van der Waals surface area contributed by atoms with Crippen LogP contribution in [0.5, 0.6) is 11.5 Å². The average molecular weight is 416 g/mol. The maximum absolute atomic E-state index is 12.5. The number of nitro benzene ring substituents is 1. The van der Waals surface area contributed by atoms with Crippen LogP contribution in [-0.4, -0.2) is 43.2 Å². The van der Waals surface area contributed by atoms with Crippen molar-refractivity contribution in [2.24, 2.45) is 5.92 Å². The number of carbonyl (C=O) groups excluding carboxylic acids is 2. The number of carbonyl (C=O) groups is 2. The summed E-state index contributed by atoms with van der Waals surface area (Å²) in [7, 11) is 1.12. The number of benzene rings is 1. The molecule has 1 aliphatic carbocycles. The Morgan fingerprint density at radius 2 is 1.97 bits per heavy atom. The van der Waals surface area contributed by atoms with Crippen molar-refractivity contribution < 1.29 is 37.5 Å². The highest BCUT2D eigenvalue weighted by Crippen LogP contribution is 2.36. The van der Waals surface area contributed by atoms with Crippen LogP contribution in [0, 0.1) is 16.0 Å². The van der Waals surface area contributed by atoms with E-state index in [0.29, 0.717) is 12.0 Å². The molecule has 160 valence electrons. The van der Waals surface area contributed by atoms with Crippen LogP contribution in [0.1, 0.15) is 43.0 Å². The molecule has 1 fully saturated rings. The van der Waals surface area contributed by atoms with Crippen LogP contribution in [-0.2, 0) is 9.53 Å². The SMILES string of the molecule is COc1cc(C(=O)OCC(=O)NC2CCCCC2C)c([N+](=O)[O-])cc1OC(F)F. The lowest BCUT2D eigenvalue weighted by Gasteiger charge is -2.29. The maximum atomic E-state index is 12.5. The fraction of sp³-hybridized carbons (Fsp3) is 0.556. The Morgan fingerprint density at radius 1 is 1.28 bits per heavy atom. The number of nitrogens with one attached hydrogen (secondary N) is 1. The third-order valence-electron chi connectivity index (χ3n) is 4.71. The maximum Gasteiger partial charge on any atom is 0.387 e. The summed E-state index contributed by atoms with van der Waals surface area (Å²) in [5.74, 6) is -2.30. The number of halogens is 2. The second-order valence-corrected chi connectivity index (χ2v) is 6.67. The van der Waals surface area contributed by atoms with Gasteiger partial charge in [0.25, 0.3) is 11.6 Å². The minimum absolute atomic E-state index is 0.0184. The van der Waals surface area contributed by atoms with Crippen LogP contribution in [0.3, 0.4) is 0 Å². The zero-order valence-electron chi connectivity index (χ0n) is 16.0. The topological polar surface area (TPSA) is 117 Å². The highest BCUT2D eigenvalue weighted by Gasteiger charge is 2.28. The van der Waals surface area contributed by atoms with E-state index in [1.807, 2.05) is 6.92 Å². The van der Waals surface area contributed by atoms with E-state index in [-0.39, 0.29) is 11.8 Å². The number of hydrogen-bond acceptors (Lipinski definition) is 7. The lowest BCUT2D eigenvalue weighted by atomic mass is 9.86. The monoisotopic (exact) mass is 416 g/mol. The number of esters is 1. The van der Waals surface area contributed by atoms with Gasteiger partial charge in [-0.2, -0.15) is 8.78 Å². The second-order valence-electron chi connectivity index (χ2n) is 6.67. The Bertz CT molecular complexity index is 773. The molecule has 29 heavy (non-hydrogen) atoms. The van der Waals surface area contributed by atoms with Gasteiger partial charge in [0.05, 0.1) is 18.1 Å². The molecule has 1 aliphatic rings. The molecule has 1 amide bonds. The molecular weight excluding hydrogens is 394 g/mol. The van der Waals surface area contributed by atoms with Crippen molar-refractivity contribution in [2.45, 2.75) is 45.3 Å². The first-order valence-corrected chi connectivity index (χ1v) is 9.00. The van der Waals surface area contributed by atoms with Gasteiger partial charge in [-0.3, -0.25) is 14.9 Å². The molecule has 0 heterocycles. The van der Waals surface area contributed by atoms with E-state index >= 15 is 0 Å². The van der Waals surface area contributed by atoms with Crippen LogP contribution >= 0.6 is 0 Å². The molecule has 0 aromatic heterocycles. The van der Waals surface area contributed by atoms with Crippen LogP contribution < -0.4 is 14.8 Å². The molecule has 1 N–H and O–H groups in total. The summed E-state index contributed by atoms with van der Waals surface area (Å²) in [4.78, 5) is 34.6. The summed E-state index contributed by atoms with van der Waals surface area (Å²) in [5, 5.41) is 14.0. The molecule has 0 bridgehead atoms. The number of amides is 1. The normalized spacial score (nSPS) is 18.8. The lowest BCUT2D eigenvalue weighted by molar-refractivity contribution is -0.385. The fourth-order valence-corrected chi connectivity index (χ4v) is 3.20. The van der Waals surface area contributed by atoms with Gasteiger partial charge in [-0.15, -0.1) is 0 Å². The van der Waals surface area contributed by atoms with Crippen molar-refractivity contribution in [1.29, 1.82) is 0 Å². The van der Waals surface area contributed by atoms with Crippen molar-refractivity contribution in [3.63, 3.8) is 0 Å². The number of nitrogens with zero attached hydrogens (tertiary/aromatic N) is 1. The molecule has 2 rings (SSSR count). The molecule has 2 atom stereocenters. The molecule has 0 radical (unpaired) electrons. The summed E-state index contributed by atoms with van der Waals surface area (Å²) >= 11 is 0. The summed E-state index contributed by atoms with van der Waals surface area (Å²) < 4.78 is 38.8. The van der Waals surface area contributed by atoms with E-state index in [4.69, 9.17) is 9.47 Å². The molecule has 0 saturated heterocycles. The van der Waals surface area contributed by atoms with Gasteiger partial charge in [0.2, 0.25) is 0 Å². The molecule has 11 heteroatoms. The van der Waals surface area contributed by atoms with E-state index in [1.165, 1.54) is 0 Å². The first kappa shape index (κ1) is 22.3. The van der Waals surface area contributed by atoms with Gasteiger partial charge in [0.15, 0.2) is 18.1 Å². The summed E-state index contributed by atoms with van der Waals surface area (Å²) in [6.45, 7) is -1.85. The predicted octanol–water partition coefficient (Wildman–Crippen LogP) is 3.06. The van der Waals surface area contributed by atoms with E-state index in [0.717, 1.165) is 38.9 Å². The Labute approximate surface area is 165 Å². The molecule has 1 aromatic carbocycles. The Morgan fingerprint density at radius 3 is 2.55 bits per heavy atom. The van der Waals surface area contributed by atoms with Crippen molar-refractivity contribution in [2.75, 3.05) is 13.7 Å². The molecular formula is C18H22F2N2O7. The van der Waals surface area contributed by atoms with Gasteiger partial charge in [-0.25, -0.2) is 4.79 Å². The third-order valence-corrected chi connectivity index (χ3v) is 4.71. The van der Waals surface area contributed by atoms with Crippen LogP contribution in [0.2, 0.25) is 0 Å². The number of alkyl halides is 2. The van der Waals surface area contributed by atoms with E-state index in [9.17, 15) is 28.5 Å². The van der Waals surface area contributed by atoms with Crippen molar-refractivity contribution >= 4 is 17.6 Å². The number of ether oxygens (including phenoxy) is 3. The molecule has 0 spiro atoms. The zero-order valence-corrected chi connectivity index (χ0v) is 16.0. The van der Waals surface area contributed by atoms with Gasteiger partial charge in [-0.05, 0) is 18.8 Å². The van der Waals surface area contributed by atoms with E-state index in [2.05, 4.69) is 10.1 Å². The zero-order chi connectivity index (χ0) is 21.6. The van der Waals surface area contributed by atoms with Crippen molar-refractivity contribution in [3.05, 3.63) is 27.8 Å². The average Bonchev–Trinajstić information content (AvgIpc) is 2.67. The Balaban J connectivity index is 2.10. The first-order chi connectivity index (χ1) is 13.7. The van der Waals surface area contributed by atoms with Crippen LogP contribution in [0.15, 0.2) is 12.1 Å². The Hall–Kier alpha value is -2.98. The van der Waals surface area contributed by atoms with Gasteiger partial charge < -0.3 is 19.5 Å². The smallest absolute Gasteiger partial charge is 0.387 e. The van der Waals surface area contributed by atoms with Gasteiger partial charge >= 0.3 is 12.6 Å². The number of methoxy groups -OCH3 is 1. The molecule has 1 saturated carbocycles. The minimum Gasteiger partial charge on any atom is -0.493 e. The highest BCUT2D eigenvalue weighted by molar-refractivity contribution is 5.96. The summed E-state index contributed by atoms with van der Waals surface area (Å²) in [5.41, 5.74) is -1.36. The van der Waals surface area contributed by atoms with Crippen LogP contribution in [0.25, 0.3) is 0 Å². The first-order valence-electron chi connectivity index (χ1n) is 9.00. The summed E-state index contributed by atoms with van der Waals surface area (Å²) in [6, 6.07) is 1.49. The lowest BCUT2D eigenvalue weighted by Crippen LogP contribution is -2.42. The second kappa shape index (κ2) is 9.99. The summed E-state index contributed by atoms with van der Waals surface area (Å²) in [6.07, 6.45) is 3.91. The van der Waals surface area contributed by atoms with Gasteiger partial charge in [0.1, 0.15) is 5.56 Å². The largest absolute Gasteiger partial charge is 0.493 e. The molecule has 9 nitrogen and oxygen atoms in total. The molecule has 2 unspecified atom stereocenters. The van der Waals surface area contributed by atoms with Crippen molar-refractivity contribution in [1.82, 2.24) is 5.32 Å². The fourth-order valence-electron chi connectivity index (χ4n) is 3.20. The molecule has 0 aliphatic heterocycles. The predicted molar refractivity (Wildman–Crippen MR) is 96.1 cm³/mol. The quantitative estimate of drug-likeness (QED) is 0.393. The Kier molecular flexibility index (Phi) is 7.68. The number of nitro groups is 1. The highest BCUT2D eigenvalue weighted by atomic mass is 19.3. The molecule has 1 aromatic rings. The van der Waals surface area contributed by atoms with E-state index in [1.54, 1.807) is 0 Å². The number of rotatable bonds is 8. The number of hydrogen-bond donors (Lipinski definition) is 1. The van der Waals surface area contributed by atoms with Gasteiger partial charge in [-0.1, -0.05) is 19.8 Å². The van der Waals surface area contributed by atoms with E-state index < -0.39 is 47.0 Å². The standard InChI is InChI=1S/C18H22F2N2O7/c1-10-5-3-4-6-12(10)21-16(23)9-28-17(24)11-7-14(27-2)15(29-18(19)20)8-13(11)22(25)26/h7-8,10,12,18H,3-6,9H2,1-2H3,(H,21,23). The third kappa shape index (κ3) is 6.00. The van der Waals surface area contributed by atoms with Crippen LogP contribution in [0.4, 0.5) is 14.5 Å². The minimum atomic E-state index is -3.24. The van der Waals surface area contributed by atoms with Gasteiger partial charge in [0, 0.05) is 12.1 Å².